The van der Waals surface area contributed by atoms with E-state index in [1.54, 1.807) is 12.1 Å². The summed E-state index contributed by atoms with van der Waals surface area (Å²) in [5.74, 6) is -1.53. The first kappa shape index (κ1) is 30.6. The normalized spacial score (nSPS) is 22.0. The summed E-state index contributed by atoms with van der Waals surface area (Å²) in [5, 5.41) is 10.5. The van der Waals surface area contributed by atoms with Gasteiger partial charge in [-0.2, -0.15) is 0 Å². The van der Waals surface area contributed by atoms with E-state index >= 15 is 0 Å². The molecule has 0 radical (unpaired) electrons. The highest BCUT2D eigenvalue weighted by molar-refractivity contribution is 6.01. The number of hydrogen-bond acceptors (Lipinski definition) is 9. The first-order chi connectivity index (χ1) is 19.8. The molecule has 0 saturated carbocycles. The molecule has 3 heterocycles. The number of nitrogens with zero attached hydrogens (tertiary/aromatic N) is 3. The highest BCUT2D eigenvalue weighted by Crippen LogP contribution is 2.47. The average molecular weight is 575 g/mol. The zero-order chi connectivity index (χ0) is 29.5. The fraction of sp³-hybridized carbons (Fsp3) is 0.655. The second-order valence-electron chi connectivity index (χ2n) is 10.9. The Bertz CT molecular complexity index is 1110. The molecule has 226 valence electrons. The number of aliphatic carboxylic acids is 1. The van der Waals surface area contributed by atoms with Crippen LogP contribution in [0.4, 0.5) is 0 Å². The van der Waals surface area contributed by atoms with Gasteiger partial charge in [-0.3, -0.25) is 29.0 Å². The van der Waals surface area contributed by atoms with Crippen molar-refractivity contribution in [1.29, 1.82) is 0 Å². The smallest absolute Gasteiger partial charge is 0.308 e. The van der Waals surface area contributed by atoms with Crippen LogP contribution in [0.5, 0.6) is 17.2 Å². The average Bonchev–Trinajstić information content (AvgIpc) is 3.66. The van der Waals surface area contributed by atoms with Crippen LogP contribution in [0, 0.1) is 5.92 Å². The lowest BCUT2D eigenvalue weighted by Gasteiger charge is -2.30. The number of nitrogens with two attached hydrogens (primary N) is 1. The summed E-state index contributed by atoms with van der Waals surface area (Å²) in [6.45, 7) is 4.35. The predicted molar refractivity (Wildman–Crippen MR) is 149 cm³/mol. The Kier molecular flexibility index (Phi) is 10.4. The van der Waals surface area contributed by atoms with Crippen molar-refractivity contribution in [3.63, 3.8) is 0 Å². The lowest BCUT2D eigenvalue weighted by Crippen LogP contribution is -2.46. The number of unbranched alkanes of at least 4 members (excludes halogenated alkanes) is 2. The second kappa shape index (κ2) is 14.0. The van der Waals surface area contributed by atoms with Crippen LogP contribution in [0.25, 0.3) is 0 Å². The van der Waals surface area contributed by atoms with Gasteiger partial charge < -0.3 is 30.0 Å². The van der Waals surface area contributed by atoms with Crippen molar-refractivity contribution < 1.29 is 38.5 Å². The third-order valence-corrected chi connectivity index (χ3v) is 8.30. The van der Waals surface area contributed by atoms with Gasteiger partial charge in [0, 0.05) is 51.0 Å². The van der Waals surface area contributed by atoms with Gasteiger partial charge in [0.05, 0.1) is 19.6 Å². The maximum absolute atomic E-state index is 13.6. The van der Waals surface area contributed by atoms with Crippen molar-refractivity contribution in [2.24, 2.45) is 11.7 Å². The number of likely N-dealkylation sites (tertiary alicyclic amines) is 2. The van der Waals surface area contributed by atoms with Gasteiger partial charge in [0.15, 0.2) is 11.5 Å². The van der Waals surface area contributed by atoms with Gasteiger partial charge in [-0.05, 0) is 49.9 Å². The van der Waals surface area contributed by atoms with Crippen LogP contribution in [-0.4, -0.2) is 103 Å². The zero-order valence-electron chi connectivity index (χ0n) is 24.0. The number of carbonyl (C=O) groups excluding carboxylic acids is 3. The number of rotatable bonds is 15. The molecule has 3 unspecified atom stereocenters. The van der Waals surface area contributed by atoms with E-state index in [0.29, 0.717) is 49.0 Å². The number of amides is 3. The maximum atomic E-state index is 13.6. The number of fused-ring (bicyclic) bond motifs is 1. The van der Waals surface area contributed by atoms with Crippen LogP contribution in [0.3, 0.4) is 0 Å². The molecule has 2 saturated heterocycles. The van der Waals surface area contributed by atoms with E-state index in [1.165, 1.54) is 12.0 Å². The number of hydrogen-bond donors (Lipinski definition) is 2. The molecule has 41 heavy (non-hydrogen) atoms. The van der Waals surface area contributed by atoms with Gasteiger partial charge in [0.1, 0.15) is 0 Å². The van der Waals surface area contributed by atoms with Crippen molar-refractivity contribution in [1.82, 2.24) is 14.7 Å². The molecule has 3 aliphatic heterocycles. The first-order valence-corrected chi connectivity index (χ1v) is 14.5. The number of carboxylic acid groups (broad SMARTS) is 1. The van der Waals surface area contributed by atoms with E-state index < -0.39 is 23.8 Å². The molecule has 12 heteroatoms. The summed E-state index contributed by atoms with van der Waals surface area (Å²) in [5.41, 5.74) is 6.38. The van der Waals surface area contributed by atoms with Crippen molar-refractivity contribution >= 4 is 23.7 Å². The summed E-state index contributed by atoms with van der Waals surface area (Å²) >= 11 is 0. The molecular formula is C29H42N4O8. The minimum Gasteiger partial charge on any atom is -0.493 e. The van der Waals surface area contributed by atoms with Crippen molar-refractivity contribution in [2.45, 2.75) is 63.8 Å². The van der Waals surface area contributed by atoms with Gasteiger partial charge in [-0.1, -0.05) is 13.3 Å². The molecular weight excluding hydrogens is 532 g/mol. The Morgan fingerprint density at radius 2 is 1.85 bits per heavy atom. The van der Waals surface area contributed by atoms with Gasteiger partial charge in [-0.25, -0.2) is 0 Å². The topological polar surface area (TPSA) is 152 Å². The van der Waals surface area contributed by atoms with E-state index in [-0.39, 0.29) is 56.9 Å². The van der Waals surface area contributed by atoms with E-state index in [0.717, 1.165) is 25.7 Å². The van der Waals surface area contributed by atoms with Crippen molar-refractivity contribution in [3.8, 4) is 17.2 Å². The highest BCUT2D eigenvalue weighted by atomic mass is 16.7. The lowest BCUT2D eigenvalue weighted by atomic mass is 9.84. The largest absolute Gasteiger partial charge is 0.493 e. The number of benzene rings is 1. The summed E-state index contributed by atoms with van der Waals surface area (Å²) in [6, 6.07) is 2.97. The Balaban J connectivity index is 1.62. The fourth-order valence-corrected chi connectivity index (χ4v) is 6.12. The van der Waals surface area contributed by atoms with E-state index in [4.69, 9.17) is 19.9 Å². The number of carbonyl (C=O) groups is 4. The van der Waals surface area contributed by atoms with Crippen LogP contribution in [-0.2, 0) is 19.2 Å². The van der Waals surface area contributed by atoms with Crippen molar-refractivity contribution in [2.75, 3.05) is 53.2 Å². The van der Waals surface area contributed by atoms with Crippen LogP contribution in [0.2, 0.25) is 0 Å². The summed E-state index contributed by atoms with van der Waals surface area (Å²) < 4.78 is 16.6. The van der Waals surface area contributed by atoms with Gasteiger partial charge in [-0.15, -0.1) is 0 Å². The van der Waals surface area contributed by atoms with Crippen LogP contribution >= 0.6 is 0 Å². The maximum Gasteiger partial charge on any atom is 0.308 e. The minimum absolute atomic E-state index is 0.0425. The number of imide groups is 1. The summed E-state index contributed by atoms with van der Waals surface area (Å²) in [6.07, 6.45) is 4.02. The SMILES string of the molecule is CCCCN(CCCCN)C(=O)CN1CC(c2cc(OC)c3c(c2)OCO3)C(C(=O)O)C1CCN1C(=O)CCC1=O. The predicted octanol–water partition coefficient (Wildman–Crippen LogP) is 1.80. The molecule has 0 bridgehead atoms. The first-order valence-electron chi connectivity index (χ1n) is 14.5. The fourth-order valence-electron chi connectivity index (χ4n) is 6.12. The molecule has 2 fully saturated rings. The van der Waals surface area contributed by atoms with Crippen LogP contribution in [0.15, 0.2) is 12.1 Å². The van der Waals surface area contributed by atoms with E-state index in [2.05, 4.69) is 6.92 Å². The van der Waals surface area contributed by atoms with E-state index in [1.807, 2.05) is 9.80 Å². The van der Waals surface area contributed by atoms with E-state index in [9.17, 15) is 24.3 Å². The molecule has 0 aliphatic carbocycles. The number of carboxylic acids is 1. The minimum atomic E-state index is -1.00. The Morgan fingerprint density at radius 1 is 1.12 bits per heavy atom. The molecule has 12 nitrogen and oxygen atoms in total. The lowest BCUT2D eigenvalue weighted by molar-refractivity contribution is -0.144. The molecule has 0 aromatic heterocycles. The Morgan fingerprint density at radius 3 is 2.51 bits per heavy atom. The Hall–Kier alpha value is -3.38. The van der Waals surface area contributed by atoms with Crippen molar-refractivity contribution in [3.05, 3.63) is 17.7 Å². The Labute approximate surface area is 240 Å². The summed E-state index contributed by atoms with van der Waals surface area (Å²) in [4.78, 5) is 56.0. The van der Waals surface area contributed by atoms with Crippen LogP contribution < -0.4 is 19.9 Å². The molecule has 4 rings (SSSR count). The monoisotopic (exact) mass is 574 g/mol. The molecule has 0 spiro atoms. The third kappa shape index (κ3) is 6.92. The molecule has 3 atom stereocenters. The van der Waals surface area contributed by atoms with Crippen LogP contribution in [0.1, 0.15) is 63.4 Å². The highest BCUT2D eigenvalue weighted by Gasteiger charge is 2.48. The zero-order valence-corrected chi connectivity index (χ0v) is 24.0. The molecule has 3 amide bonds. The molecule has 3 aliphatic rings. The molecule has 1 aromatic rings. The summed E-state index contributed by atoms with van der Waals surface area (Å²) in [7, 11) is 1.51. The van der Waals surface area contributed by atoms with Gasteiger partial charge in [0.2, 0.25) is 30.3 Å². The van der Waals surface area contributed by atoms with Gasteiger partial charge >= 0.3 is 5.97 Å². The van der Waals surface area contributed by atoms with Gasteiger partial charge in [0.25, 0.3) is 0 Å². The second-order valence-corrected chi connectivity index (χ2v) is 10.9. The number of ether oxygens (including phenoxy) is 3. The third-order valence-electron chi connectivity index (χ3n) is 8.30. The quantitative estimate of drug-likeness (QED) is 0.234. The molecule has 3 N–H and O–H groups in total. The molecule has 1 aromatic carbocycles. The standard InChI is InChI=1S/C29H42N4O8/c1-3-4-11-31(12-6-5-10-30)26(36)17-32-16-20(19-14-22(39-2)28-23(15-19)40-18-41-28)27(29(37)38)21(32)9-13-33-24(34)7-8-25(33)35/h14-15,20-21,27H,3-13,16-18,30H2,1-2H3,(H,37,38). The number of methoxy groups -OCH3 is 1.